The minimum atomic E-state index is -0.348. The van der Waals surface area contributed by atoms with Crippen molar-refractivity contribution in [1.29, 1.82) is 0 Å². The number of hydrogen-bond acceptors (Lipinski definition) is 4. The molecule has 0 aliphatic rings. The van der Waals surface area contributed by atoms with Crippen LogP contribution in [0, 0.1) is 18.7 Å². The van der Waals surface area contributed by atoms with Crippen LogP contribution in [0.2, 0.25) is 0 Å². The molecule has 5 rings (SSSR count). The van der Waals surface area contributed by atoms with Crippen LogP contribution < -0.4 is 10.9 Å². The molecule has 8 heteroatoms. The quantitative estimate of drug-likeness (QED) is 0.304. The number of carbonyl (C=O) groups is 1. The molecule has 3 aromatic heterocycles. The lowest BCUT2D eigenvalue weighted by Crippen LogP contribution is -2.30. The minimum Gasteiger partial charge on any atom is -0.320 e. The SMILES string of the molecule is CC[C@@H](C)C(=O)Nc1cnc(-c2ccccc2)n(Cc2cncc(-n3cc(C)c4cc(F)ccc43)c2)c1=O. The molecule has 1 amide bonds. The lowest BCUT2D eigenvalue weighted by Gasteiger charge is -2.16. The Balaban J connectivity index is 1.57. The van der Waals surface area contributed by atoms with Gasteiger partial charge >= 0.3 is 0 Å². The predicted octanol–water partition coefficient (Wildman–Crippen LogP) is 5.73. The van der Waals surface area contributed by atoms with Gasteiger partial charge in [0, 0.05) is 29.3 Å². The summed E-state index contributed by atoms with van der Waals surface area (Å²) in [6.07, 6.45) is 7.46. The summed E-state index contributed by atoms with van der Waals surface area (Å²) in [4.78, 5) is 35.1. The van der Waals surface area contributed by atoms with Gasteiger partial charge in [0.25, 0.3) is 5.56 Å². The van der Waals surface area contributed by atoms with E-state index in [9.17, 15) is 14.0 Å². The third-order valence-corrected chi connectivity index (χ3v) is 6.76. The molecule has 0 aliphatic carbocycles. The molecule has 38 heavy (non-hydrogen) atoms. The van der Waals surface area contributed by atoms with E-state index < -0.39 is 0 Å². The number of halogens is 1. The summed E-state index contributed by atoms with van der Waals surface area (Å²) >= 11 is 0. The predicted molar refractivity (Wildman–Crippen MR) is 147 cm³/mol. The Morgan fingerprint density at radius 2 is 1.87 bits per heavy atom. The first kappa shape index (κ1) is 25.1. The summed E-state index contributed by atoms with van der Waals surface area (Å²) in [7, 11) is 0. The molecule has 192 valence electrons. The topological polar surface area (TPSA) is 81.8 Å². The molecule has 3 heterocycles. The van der Waals surface area contributed by atoms with Gasteiger partial charge in [-0.15, -0.1) is 0 Å². The smallest absolute Gasteiger partial charge is 0.277 e. The Hall–Kier alpha value is -4.59. The van der Waals surface area contributed by atoms with Crippen molar-refractivity contribution in [3.8, 4) is 17.1 Å². The van der Waals surface area contributed by atoms with Crippen LogP contribution in [0.1, 0.15) is 31.4 Å². The maximum absolute atomic E-state index is 13.8. The number of nitrogens with one attached hydrogen (secondary N) is 1. The first-order chi connectivity index (χ1) is 18.4. The average molecular weight is 510 g/mol. The van der Waals surface area contributed by atoms with Crippen molar-refractivity contribution >= 4 is 22.5 Å². The molecule has 1 N–H and O–H groups in total. The molecular formula is C30H28FN5O2. The molecule has 0 saturated heterocycles. The van der Waals surface area contributed by atoms with Crippen LogP contribution in [0.5, 0.6) is 0 Å². The van der Waals surface area contributed by atoms with Crippen molar-refractivity contribution in [1.82, 2.24) is 19.1 Å². The second-order valence-electron chi connectivity index (χ2n) is 9.45. The number of aromatic nitrogens is 4. The maximum Gasteiger partial charge on any atom is 0.277 e. The van der Waals surface area contributed by atoms with Crippen LogP contribution in [-0.2, 0) is 11.3 Å². The van der Waals surface area contributed by atoms with Crippen LogP contribution in [0.4, 0.5) is 10.1 Å². The molecule has 0 bridgehead atoms. The van der Waals surface area contributed by atoms with Crippen molar-refractivity contribution in [2.24, 2.45) is 5.92 Å². The summed E-state index contributed by atoms with van der Waals surface area (Å²) in [5.74, 6) is -0.252. The molecular weight excluding hydrogens is 481 g/mol. The van der Waals surface area contributed by atoms with Crippen molar-refractivity contribution < 1.29 is 9.18 Å². The largest absolute Gasteiger partial charge is 0.320 e. The number of anilines is 1. The van der Waals surface area contributed by atoms with E-state index in [1.54, 1.807) is 23.0 Å². The Bertz CT molecular complexity index is 1690. The van der Waals surface area contributed by atoms with Crippen LogP contribution in [-0.4, -0.2) is 25.0 Å². The lowest BCUT2D eigenvalue weighted by molar-refractivity contribution is -0.119. The summed E-state index contributed by atoms with van der Waals surface area (Å²) in [6.45, 7) is 5.87. The second-order valence-corrected chi connectivity index (χ2v) is 9.45. The summed E-state index contributed by atoms with van der Waals surface area (Å²) < 4.78 is 17.4. The fraction of sp³-hybridized carbons (Fsp3) is 0.200. The van der Waals surface area contributed by atoms with Gasteiger partial charge in [0.15, 0.2) is 0 Å². The molecule has 0 aliphatic heterocycles. The molecule has 0 spiro atoms. The van der Waals surface area contributed by atoms with Crippen molar-refractivity contribution in [3.05, 3.63) is 107 Å². The van der Waals surface area contributed by atoms with Gasteiger partial charge in [0.1, 0.15) is 17.3 Å². The van der Waals surface area contributed by atoms with Gasteiger partial charge in [-0.2, -0.15) is 0 Å². The average Bonchev–Trinajstić information content (AvgIpc) is 3.26. The summed E-state index contributed by atoms with van der Waals surface area (Å²) in [5.41, 5.74) is 3.93. The highest BCUT2D eigenvalue weighted by atomic mass is 19.1. The van der Waals surface area contributed by atoms with E-state index in [2.05, 4.69) is 15.3 Å². The number of nitrogens with zero attached hydrogens (tertiary/aromatic N) is 4. The van der Waals surface area contributed by atoms with E-state index in [0.717, 1.165) is 33.3 Å². The van der Waals surface area contributed by atoms with Crippen LogP contribution in [0.15, 0.2) is 84.2 Å². The van der Waals surface area contributed by atoms with Crippen LogP contribution in [0.3, 0.4) is 0 Å². The molecule has 0 fully saturated rings. The third kappa shape index (κ3) is 4.85. The molecule has 0 radical (unpaired) electrons. The Kier molecular flexibility index (Phi) is 6.87. The zero-order valence-corrected chi connectivity index (χ0v) is 21.5. The zero-order valence-electron chi connectivity index (χ0n) is 21.5. The highest BCUT2D eigenvalue weighted by Crippen LogP contribution is 2.26. The summed E-state index contributed by atoms with van der Waals surface area (Å²) in [5, 5.41) is 3.57. The zero-order chi connectivity index (χ0) is 26.8. The van der Waals surface area contributed by atoms with Gasteiger partial charge in [-0.1, -0.05) is 44.2 Å². The number of amides is 1. The van der Waals surface area contributed by atoms with E-state index in [1.165, 1.54) is 18.3 Å². The van der Waals surface area contributed by atoms with E-state index >= 15 is 0 Å². The van der Waals surface area contributed by atoms with Crippen LogP contribution >= 0.6 is 0 Å². The number of benzene rings is 2. The minimum absolute atomic E-state index is 0.133. The molecule has 7 nitrogen and oxygen atoms in total. The van der Waals surface area contributed by atoms with Crippen molar-refractivity contribution in [3.63, 3.8) is 0 Å². The molecule has 0 unspecified atom stereocenters. The van der Waals surface area contributed by atoms with Gasteiger partial charge in [-0.05, 0) is 48.7 Å². The Labute approximate surface area is 219 Å². The van der Waals surface area contributed by atoms with Gasteiger partial charge in [-0.25, -0.2) is 9.37 Å². The lowest BCUT2D eigenvalue weighted by atomic mass is 10.1. The van der Waals surface area contributed by atoms with E-state index in [4.69, 9.17) is 0 Å². The number of fused-ring (bicyclic) bond motifs is 1. The Morgan fingerprint density at radius 3 is 2.63 bits per heavy atom. The second kappa shape index (κ2) is 10.4. The standard InChI is InChI=1S/C30H28FN5O2/c1-4-19(2)29(37)34-26-16-33-28(22-8-6-5-7-9-22)36(30(26)38)18-21-12-24(15-32-14-21)35-17-20(3)25-13-23(31)10-11-27(25)35/h5-17,19H,4,18H2,1-3H3,(H,34,37)/t19-/m1/s1. The molecule has 0 saturated carbocycles. The molecule has 5 aromatic rings. The number of carbonyl (C=O) groups excluding carboxylic acids is 1. The summed E-state index contributed by atoms with van der Waals surface area (Å²) in [6, 6.07) is 16.1. The normalized spacial score (nSPS) is 12.0. The highest BCUT2D eigenvalue weighted by molar-refractivity contribution is 5.92. The monoisotopic (exact) mass is 509 g/mol. The fourth-order valence-electron chi connectivity index (χ4n) is 4.44. The number of aryl methyl sites for hydroxylation is 1. The number of rotatable bonds is 7. The molecule has 1 atom stereocenters. The van der Waals surface area contributed by atoms with Crippen molar-refractivity contribution in [2.45, 2.75) is 33.7 Å². The van der Waals surface area contributed by atoms with Gasteiger partial charge in [-0.3, -0.25) is 19.1 Å². The third-order valence-electron chi connectivity index (χ3n) is 6.76. The van der Waals surface area contributed by atoms with Gasteiger partial charge in [0.05, 0.1) is 30.1 Å². The highest BCUT2D eigenvalue weighted by Gasteiger charge is 2.17. The van der Waals surface area contributed by atoms with E-state index in [0.29, 0.717) is 12.2 Å². The van der Waals surface area contributed by atoms with Gasteiger partial charge in [0.2, 0.25) is 5.91 Å². The molecule has 2 aromatic carbocycles. The van der Waals surface area contributed by atoms with Crippen LogP contribution in [0.25, 0.3) is 28.0 Å². The van der Waals surface area contributed by atoms with E-state index in [-0.39, 0.29) is 35.4 Å². The van der Waals surface area contributed by atoms with Gasteiger partial charge < -0.3 is 9.88 Å². The van der Waals surface area contributed by atoms with E-state index in [1.807, 2.05) is 67.9 Å². The fourth-order valence-corrected chi connectivity index (χ4v) is 4.44. The first-order valence-electron chi connectivity index (χ1n) is 12.5. The maximum atomic E-state index is 13.8. The Morgan fingerprint density at radius 1 is 1.08 bits per heavy atom. The van der Waals surface area contributed by atoms with Crippen molar-refractivity contribution in [2.75, 3.05) is 5.32 Å². The first-order valence-corrected chi connectivity index (χ1v) is 12.5. The number of hydrogen-bond donors (Lipinski definition) is 1. The number of pyridine rings is 1.